The Balaban J connectivity index is 1.68. The lowest BCUT2D eigenvalue weighted by molar-refractivity contribution is -0.189. The summed E-state index contributed by atoms with van der Waals surface area (Å²) in [5.74, 6) is -0.340. The molecule has 2 heterocycles. The van der Waals surface area contributed by atoms with Gasteiger partial charge in [-0.25, -0.2) is 0 Å². The van der Waals surface area contributed by atoms with Gasteiger partial charge in [0.1, 0.15) is 6.10 Å². The minimum Gasteiger partial charge on any atom is -0.456 e. The van der Waals surface area contributed by atoms with Crippen molar-refractivity contribution in [3.8, 4) is 0 Å². The second-order valence-corrected chi connectivity index (χ2v) is 8.75. The minimum atomic E-state index is -1.03. The summed E-state index contributed by atoms with van der Waals surface area (Å²) in [7, 11) is 0. The van der Waals surface area contributed by atoms with Gasteiger partial charge in [0.05, 0.1) is 23.8 Å². The molecule has 162 valence electrons. The monoisotopic (exact) mass is 414 g/mol. The van der Waals surface area contributed by atoms with Gasteiger partial charge in [0.2, 0.25) is 0 Å². The summed E-state index contributed by atoms with van der Waals surface area (Å²) in [6, 6.07) is 7.49. The molecule has 30 heavy (non-hydrogen) atoms. The maximum absolute atomic E-state index is 12.0. The predicted molar refractivity (Wildman–Crippen MR) is 111 cm³/mol. The third kappa shape index (κ3) is 3.39. The van der Waals surface area contributed by atoms with Gasteiger partial charge in [-0.15, -0.1) is 0 Å². The summed E-state index contributed by atoms with van der Waals surface area (Å²) >= 11 is 0. The van der Waals surface area contributed by atoms with Crippen molar-refractivity contribution in [2.75, 3.05) is 6.54 Å². The molecule has 7 heteroatoms. The lowest BCUT2D eigenvalue weighted by Crippen LogP contribution is -2.65. The average molecular weight is 415 g/mol. The Kier molecular flexibility index (Phi) is 5.57. The number of aliphatic hydroxyl groups excluding tert-OH is 2. The number of aromatic nitrogens is 1. The number of likely N-dealkylation sites (tertiary alicyclic amines) is 1. The van der Waals surface area contributed by atoms with Crippen LogP contribution in [0.5, 0.6) is 0 Å². The highest BCUT2D eigenvalue weighted by Crippen LogP contribution is 2.51. The summed E-state index contributed by atoms with van der Waals surface area (Å²) in [5.41, 5.74) is 1.37. The van der Waals surface area contributed by atoms with Gasteiger partial charge in [0.25, 0.3) is 0 Å². The van der Waals surface area contributed by atoms with Crippen LogP contribution in [0.3, 0.4) is 0 Å². The minimum absolute atomic E-state index is 0.0214. The number of hydrogen-bond acceptors (Lipinski definition) is 7. The van der Waals surface area contributed by atoms with Gasteiger partial charge >= 0.3 is 5.97 Å². The van der Waals surface area contributed by atoms with Crippen molar-refractivity contribution in [2.45, 2.75) is 70.1 Å². The number of esters is 1. The highest BCUT2D eigenvalue weighted by atomic mass is 16.5. The van der Waals surface area contributed by atoms with E-state index < -0.39 is 17.8 Å². The lowest BCUT2D eigenvalue weighted by Gasteiger charge is -2.53. The molecular formula is C23H30N2O5. The number of pyridine rings is 1. The first-order chi connectivity index (χ1) is 14.3. The van der Waals surface area contributed by atoms with Crippen LogP contribution in [0.15, 0.2) is 30.5 Å². The maximum atomic E-state index is 12.0. The molecule has 0 spiro atoms. The SMILES string of the molecule is CC(=O)O[C@H](c1ccnc2ccc(CO)cc12)C(C)N1CC[C@@H]2C1C[C@@]2(O)C(C)O. The quantitative estimate of drug-likeness (QED) is 0.621. The standard InChI is InChI=1S/C23H30N2O5/c1-13(25-9-7-19-21(25)11-23(19,29)14(2)27)22(30-15(3)28)17-6-8-24-20-5-4-16(12-26)10-18(17)20/h4-6,8,10,13-14,19,21-22,26-27,29H,7,9,11-12H2,1-3H3/t13?,14?,19-,21?,22+,23-/m1/s1. The molecule has 1 aliphatic heterocycles. The van der Waals surface area contributed by atoms with Gasteiger partial charge in [-0.3, -0.25) is 14.7 Å². The smallest absolute Gasteiger partial charge is 0.303 e. The summed E-state index contributed by atoms with van der Waals surface area (Å²) in [6.45, 7) is 5.79. The van der Waals surface area contributed by atoms with Crippen LogP contribution >= 0.6 is 0 Å². The maximum Gasteiger partial charge on any atom is 0.303 e. The third-order valence-corrected chi connectivity index (χ3v) is 7.07. The molecule has 0 amide bonds. The van der Waals surface area contributed by atoms with E-state index in [1.165, 1.54) is 6.92 Å². The Morgan fingerprint density at radius 3 is 2.80 bits per heavy atom. The molecule has 1 saturated carbocycles. The van der Waals surface area contributed by atoms with Crippen LogP contribution in [0.4, 0.5) is 0 Å². The van der Waals surface area contributed by atoms with E-state index in [1.54, 1.807) is 13.1 Å². The number of nitrogens with zero attached hydrogens (tertiary/aromatic N) is 2. The van der Waals surface area contributed by atoms with Crippen molar-refractivity contribution in [1.29, 1.82) is 0 Å². The van der Waals surface area contributed by atoms with Crippen molar-refractivity contribution < 1.29 is 24.9 Å². The summed E-state index contributed by atoms with van der Waals surface area (Å²) < 4.78 is 5.82. The molecule has 6 atom stereocenters. The predicted octanol–water partition coefficient (Wildman–Crippen LogP) is 1.93. The van der Waals surface area contributed by atoms with Gasteiger partial charge < -0.3 is 20.1 Å². The number of aliphatic hydroxyl groups is 3. The zero-order valence-electron chi connectivity index (χ0n) is 17.7. The fourth-order valence-corrected chi connectivity index (χ4v) is 5.37. The Morgan fingerprint density at radius 1 is 1.37 bits per heavy atom. The second-order valence-electron chi connectivity index (χ2n) is 8.75. The van der Waals surface area contributed by atoms with Gasteiger partial charge in [-0.2, -0.15) is 0 Å². The number of carbonyl (C=O) groups excluding carboxylic acids is 1. The molecule has 1 saturated heterocycles. The van der Waals surface area contributed by atoms with Gasteiger partial charge in [0.15, 0.2) is 0 Å². The number of hydrogen-bond donors (Lipinski definition) is 3. The van der Waals surface area contributed by atoms with Crippen molar-refractivity contribution >= 4 is 16.9 Å². The topological polar surface area (TPSA) is 103 Å². The molecular weight excluding hydrogens is 384 g/mol. The number of rotatable bonds is 6. The molecule has 0 radical (unpaired) electrons. The zero-order chi connectivity index (χ0) is 21.6. The number of benzene rings is 1. The molecule has 2 aromatic rings. The van der Waals surface area contributed by atoms with Crippen LogP contribution in [0, 0.1) is 5.92 Å². The van der Waals surface area contributed by atoms with Crippen LogP contribution in [0.1, 0.15) is 50.8 Å². The fourth-order valence-electron chi connectivity index (χ4n) is 5.37. The highest BCUT2D eigenvalue weighted by Gasteiger charge is 2.61. The normalized spacial score (nSPS) is 29.1. The molecule has 3 N–H and O–H groups in total. The van der Waals surface area contributed by atoms with E-state index >= 15 is 0 Å². The Morgan fingerprint density at radius 2 is 2.13 bits per heavy atom. The summed E-state index contributed by atoms with van der Waals surface area (Å²) in [6.07, 6.45) is 1.75. The van der Waals surface area contributed by atoms with E-state index in [9.17, 15) is 20.1 Å². The van der Waals surface area contributed by atoms with Crippen LogP contribution in [-0.4, -0.2) is 61.5 Å². The molecule has 2 aliphatic rings. The van der Waals surface area contributed by atoms with Crippen molar-refractivity contribution in [2.24, 2.45) is 5.92 Å². The molecule has 4 rings (SSSR count). The van der Waals surface area contributed by atoms with Gasteiger partial charge in [-0.05, 0) is 57.0 Å². The van der Waals surface area contributed by atoms with Gasteiger partial charge in [-0.1, -0.05) is 6.07 Å². The first kappa shape index (κ1) is 21.2. The Hall–Kier alpha value is -2.06. The van der Waals surface area contributed by atoms with E-state index in [1.807, 2.05) is 31.2 Å². The van der Waals surface area contributed by atoms with E-state index in [2.05, 4.69) is 9.88 Å². The molecule has 2 fully saturated rings. The first-order valence-corrected chi connectivity index (χ1v) is 10.6. The van der Waals surface area contributed by atoms with E-state index in [0.717, 1.165) is 35.0 Å². The zero-order valence-corrected chi connectivity index (χ0v) is 17.7. The van der Waals surface area contributed by atoms with Crippen LogP contribution < -0.4 is 0 Å². The van der Waals surface area contributed by atoms with Crippen LogP contribution in [0.25, 0.3) is 10.9 Å². The Bertz CT molecular complexity index is 948. The van der Waals surface area contributed by atoms with Gasteiger partial charge in [0, 0.05) is 42.1 Å². The molecule has 1 aromatic heterocycles. The highest BCUT2D eigenvalue weighted by molar-refractivity contribution is 5.83. The second kappa shape index (κ2) is 7.89. The fraction of sp³-hybridized carbons (Fsp3) is 0.565. The molecule has 0 bridgehead atoms. The molecule has 7 nitrogen and oxygen atoms in total. The van der Waals surface area contributed by atoms with Crippen LogP contribution in [0.2, 0.25) is 0 Å². The third-order valence-electron chi connectivity index (χ3n) is 7.07. The average Bonchev–Trinajstić information content (AvgIpc) is 3.08. The largest absolute Gasteiger partial charge is 0.456 e. The number of carbonyl (C=O) groups is 1. The number of ether oxygens (including phenoxy) is 1. The van der Waals surface area contributed by atoms with E-state index in [-0.39, 0.29) is 30.6 Å². The number of fused-ring (bicyclic) bond motifs is 2. The van der Waals surface area contributed by atoms with E-state index in [0.29, 0.717) is 6.42 Å². The van der Waals surface area contributed by atoms with Crippen molar-refractivity contribution in [3.05, 3.63) is 41.6 Å². The molecule has 1 aliphatic carbocycles. The Labute approximate surface area is 176 Å². The first-order valence-electron chi connectivity index (χ1n) is 10.6. The molecule has 1 aromatic carbocycles. The van der Waals surface area contributed by atoms with Crippen molar-refractivity contribution in [1.82, 2.24) is 9.88 Å². The van der Waals surface area contributed by atoms with Crippen molar-refractivity contribution in [3.63, 3.8) is 0 Å². The lowest BCUT2D eigenvalue weighted by atomic mass is 9.63. The van der Waals surface area contributed by atoms with E-state index in [4.69, 9.17) is 4.74 Å². The summed E-state index contributed by atoms with van der Waals surface area (Å²) in [4.78, 5) is 18.7. The van der Waals surface area contributed by atoms with Crippen LogP contribution in [-0.2, 0) is 16.1 Å². The molecule has 3 unspecified atom stereocenters. The summed E-state index contributed by atoms with van der Waals surface area (Å²) in [5, 5.41) is 31.2.